The molecule has 2 aromatic rings. The van der Waals surface area contributed by atoms with Gasteiger partial charge >= 0.3 is 0 Å². The van der Waals surface area contributed by atoms with E-state index in [-0.39, 0.29) is 5.91 Å². The summed E-state index contributed by atoms with van der Waals surface area (Å²) in [6.45, 7) is 4.96. The molecule has 0 spiro atoms. The molecule has 3 N–H and O–H groups in total. The Morgan fingerprint density at radius 2 is 1.95 bits per heavy atom. The normalized spacial score (nSPS) is 10.5. The lowest BCUT2D eigenvalue weighted by Gasteiger charge is -2.09. The maximum Gasteiger partial charge on any atom is 0.272 e. The lowest BCUT2D eigenvalue weighted by atomic mass is 10.1. The molecule has 2 rings (SSSR count). The average molecular weight is 271 g/mol. The molecular weight excluding hydrogens is 250 g/mol. The molecule has 4 nitrogen and oxygen atoms in total. The van der Waals surface area contributed by atoms with Crippen molar-refractivity contribution in [3.05, 3.63) is 47.8 Å². The zero-order chi connectivity index (χ0) is 14.5. The quantitative estimate of drug-likeness (QED) is 0.876. The Morgan fingerprint density at radius 1 is 1.25 bits per heavy atom. The van der Waals surface area contributed by atoms with Crippen LogP contribution in [0.25, 0.3) is 0 Å². The molecule has 0 saturated heterocycles. The van der Waals surface area contributed by atoms with E-state index in [0.717, 1.165) is 25.1 Å². The maximum absolute atomic E-state index is 12.3. The smallest absolute Gasteiger partial charge is 0.272 e. The number of benzene rings is 1. The molecule has 1 amide bonds. The Labute approximate surface area is 119 Å². The highest BCUT2D eigenvalue weighted by atomic mass is 16.1. The molecule has 106 valence electrons. The largest absolute Gasteiger partial charge is 0.397 e. The minimum atomic E-state index is -0.126. The number of nitrogens with zero attached hydrogens (tertiary/aromatic N) is 1. The Bertz CT molecular complexity index is 584. The number of nitrogens with one attached hydrogen (secondary N) is 1. The zero-order valence-electron chi connectivity index (χ0n) is 12.0. The van der Waals surface area contributed by atoms with Crippen molar-refractivity contribution in [1.82, 2.24) is 4.57 Å². The summed E-state index contributed by atoms with van der Waals surface area (Å²) in [7, 11) is 0. The van der Waals surface area contributed by atoms with Gasteiger partial charge in [0, 0.05) is 18.4 Å². The van der Waals surface area contributed by atoms with Crippen molar-refractivity contribution in [3.8, 4) is 0 Å². The summed E-state index contributed by atoms with van der Waals surface area (Å²) in [5.41, 5.74) is 9.05. The monoisotopic (exact) mass is 271 g/mol. The third-order valence-corrected chi connectivity index (χ3v) is 3.23. The van der Waals surface area contributed by atoms with Crippen LogP contribution in [-0.4, -0.2) is 10.5 Å². The fourth-order valence-corrected chi connectivity index (χ4v) is 2.17. The third kappa shape index (κ3) is 3.20. The van der Waals surface area contributed by atoms with Gasteiger partial charge in [-0.1, -0.05) is 26.0 Å². The van der Waals surface area contributed by atoms with E-state index in [1.807, 2.05) is 28.8 Å². The van der Waals surface area contributed by atoms with Crippen LogP contribution in [-0.2, 0) is 13.0 Å². The minimum absolute atomic E-state index is 0.126. The molecule has 0 aliphatic heterocycles. The third-order valence-electron chi connectivity index (χ3n) is 3.23. The molecule has 0 atom stereocenters. The average Bonchev–Trinajstić information content (AvgIpc) is 2.81. The van der Waals surface area contributed by atoms with Crippen molar-refractivity contribution >= 4 is 17.3 Å². The lowest BCUT2D eigenvalue weighted by molar-refractivity contribution is 0.101. The van der Waals surface area contributed by atoms with E-state index in [2.05, 4.69) is 19.2 Å². The molecular formula is C16H21N3O. The zero-order valence-corrected chi connectivity index (χ0v) is 12.0. The number of carbonyl (C=O) groups excluding carboxylic acids is 1. The molecule has 0 unspecified atom stereocenters. The van der Waals surface area contributed by atoms with Crippen molar-refractivity contribution in [2.75, 3.05) is 11.1 Å². The van der Waals surface area contributed by atoms with Crippen molar-refractivity contribution < 1.29 is 4.79 Å². The lowest BCUT2D eigenvalue weighted by Crippen LogP contribution is -2.16. The molecule has 0 aliphatic carbocycles. The molecule has 0 radical (unpaired) electrons. The minimum Gasteiger partial charge on any atom is -0.397 e. The van der Waals surface area contributed by atoms with Gasteiger partial charge < -0.3 is 15.6 Å². The molecule has 20 heavy (non-hydrogen) atoms. The first-order chi connectivity index (χ1) is 9.63. The summed E-state index contributed by atoms with van der Waals surface area (Å²) in [5.74, 6) is -0.126. The second kappa shape index (κ2) is 6.28. The number of anilines is 2. The molecule has 0 bridgehead atoms. The summed E-state index contributed by atoms with van der Waals surface area (Å²) in [5, 5.41) is 2.91. The summed E-state index contributed by atoms with van der Waals surface area (Å²) < 4.78 is 1.89. The van der Waals surface area contributed by atoms with Gasteiger partial charge in [-0.3, -0.25) is 4.79 Å². The van der Waals surface area contributed by atoms with Crippen LogP contribution in [0, 0.1) is 0 Å². The Kier molecular flexibility index (Phi) is 4.45. The van der Waals surface area contributed by atoms with Gasteiger partial charge in [-0.15, -0.1) is 0 Å². The first-order valence-electron chi connectivity index (χ1n) is 7.00. The Hall–Kier alpha value is -2.23. The van der Waals surface area contributed by atoms with Crippen LogP contribution in [0.15, 0.2) is 36.5 Å². The van der Waals surface area contributed by atoms with Gasteiger partial charge in [0.1, 0.15) is 5.69 Å². The predicted octanol–water partition coefficient (Wildman–Crippen LogP) is 3.30. The fourth-order valence-electron chi connectivity index (χ4n) is 2.17. The predicted molar refractivity (Wildman–Crippen MR) is 82.9 cm³/mol. The standard InChI is InChI=1S/C16H21N3O/c1-3-9-19-11-13(17)10-15(19)16(20)18-14-7-5-12(4-2)6-8-14/h5-8,10-11H,3-4,9,17H2,1-2H3,(H,18,20). The van der Waals surface area contributed by atoms with Gasteiger partial charge in [-0.05, 0) is 36.6 Å². The van der Waals surface area contributed by atoms with E-state index in [0.29, 0.717) is 11.4 Å². The topological polar surface area (TPSA) is 60.0 Å². The Morgan fingerprint density at radius 3 is 2.55 bits per heavy atom. The SMILES string of the molecule is CCCn1cc(N)cc1C(=O)Nc1ccc(CC)cc1. The first-order valence-corrected chi connectivity index (χ1v) is 7.00. The van der Waals surface area contributed by atoms with Crippen molar-refractivity contribution in [3.63, 3.8) is 0 Å². The summed E-state index contributed by atoms with van der Waals surface area (Å²) >= 11 is 0. The van der Waals surface area contributed by atoms with Crippen molar-refractivity contribution in [1.29, 1.82) is 0 Å². The molecule has 1 aromatic heterocycles. The van der Waals surface area contributed by atoms with E-state index in [1.165, 1.54) is 5.56 Å². The van der Waals surface area contributed by atoms with E-state index in [9.17, 15) is 4.79 Å². The maximum atomic E-state index is 12.3. The van der Waals surface area contributed by atoms with Crippen LogP contribution in [0.3, 0.4) is 0 Å². The first kappa shape index (κ1) is 14.2. The van der Waals surface area contributed by atoms with Gasteiger partial charge in [-0.2, -0.15) is 0 Å². The molecule has 0 fully saturated rings. The van der Waals surface area contributed by atoms with Gasteiger partial charge in [-0.25, -0.2) is 0 Å². The summed E-state index contributed by atoms with van der Waals surface area (Å²) in [4.78, 5) is 12.3. The summed E-state index contributed by atoms with van der Waals surface area (Å²) in [6.07, 6.45) is 3.75. The van der Waals surface area contributed by atoms with Crippen LogP contribution in [0.2, 0.25) is 0 Å². The second-order valence-electron chi connectivity index (χ2n) is 4.86. The highest BCUT2D eigenvalue weighted by Gasteiger charge is 2.12. The second-order valence-corrected chi connectivity index (χ2v) is 4.86. The van der Waals surface area contributed by atoms with E-state index >= 15 is 0 Å². The number of hydrogen-bond donors (Lipinski definition) is 2. The van der Waals surface area contributed by atoms with Crippen molar-refractivity contribution in [2.24, 2.45) is 0 Å². The number of aromatic nitrogens is 1. The van der Waals surface area contributed by atoms with Crippen LogP contribution in [0.5, 0.6) is 0 Å². The number of aryl methyl sites for hydroxylation is 2. The van der Waals surface area contributed by atoms with E-state index in [1.54, 1.807) is 12.3 Å². The van der Waals surface area contributed by atoms with Crippen molar-refractivity contribution in [2.45, 2.75) is 33.2 Å². The Balaban J connectivity index is 2.14. The molecule has 4 heteroatoms. The molecule has 1 aromatic carbocycles. The van der Waals surface area contributed by atoms with Crippen LogP contribution in [0.4, 0.5) is 11.4 Å². The van der Waals surface area contributed by atoms with Gasteiger partial charge in [0.25, 0.3) is 5.91 Å². The molecule has 0 aliphatic rings. The van der Waals surface area contributed by atoms with Gasteiger partial charge in [0.15, 0.2) is 0 Å². The fraction of sp³-hybridized carbons (Fsp3) is 0.312. The molecule has 0 saturated carbocycles. The van der Waals surface area contributed by atoms with Crippen LogP contribution < -0.4 is 11.1 Å². The molecule has 1 heterocycles. The number of carbonyl (C=O) groups is 1. The van der Waals surface area contributed by atoms with E-state index < -0.39 is 0 Å². The van der Waals surface area contributed by atoms with Crippen LogP contribution in [0.1, 0.15) is 36.3 Å². The van der Waals surface area contributed by atoms with Gasteiger partial charge in [0.05, 0.1) is 5.69 Å². The highest BCUT2D eigenvalue weighted by Crippen LogP contribution is 2.15. The number of rotatable bonds is 5. The van der Waals surface area contributed by atoms with E-state index in [4.69, 9.17) is 5.73 Å². The number of amides is 1. The van der Waals surface area contributed by atoms with Crippen LogP contribution >= 0.6 is 0 Å². The number of nitrogen functional groups attached to an aromatic ring is 1. The summed E-state index contributed by atoms with van der Waals surface area (Å²) in [6, 6.07) is 9.61. The highest BCUT2D eigenvalue weighted by molar-refractivity contribution is 6.03. The number of hydrogen-bond acceptors (Lipinski definition) is 2. The number of nitrogens with two attached hydrogens (primary N) is 1. The van der Waals surface area contributed by atoms with Gasteiger partial charge in [0.2, 0.25) is 0 Å².